The molecule has 0 bridgehead atoms. The van der Waals surface area contributed by atoms with Gasteiger partial charge < -0.3 is 10.0 Å². The van der Waals surface area contributed by atoms with Gasteiger partial charge in [0.05, 0.1) is 17.1 Å². The van der Waals surface area contributed by atoms with E-state index in [0.29, 0.717) is 6.04 Å². The van der Waals surface area contributed by atoms with Gasteiger partial charge in [0.25, 0.3) is 0 Å². The number of hydrogen-bond donors (Lipinski definition) is 1. The number of nitriles is 1. The first-order valence-electron chi connectivity index (χ1n) is 6.42. The standard InChI is InChI=1S/C13H22N2O/c1-3-12(2,10-14)13(16)6-8-15-7-4-5-11(15)9-13/h11,16H,3-9H2,1-2H3. The van der Waals surface area contributed by atoms with Crippen LogP contribution in [-0.4, -0.2) is 34.7 Å². The zero-order chi connectivity index (χ0) is 11.8. The average Bonchev–Trinajstić information content (AvgIpc) is 2.74. The highest BCUT2D eigenvalue weighted by Gasteiger charge is 2.51. The molecule has 90 valence electrons. The third-order valence-electron chi connectivity index (χ3n) is 4.87. The van der Waals surface area contributed by atoms with E-state index in [0.717, 1.165) is 25.8 Å². The molecule has 0 radical (unpaired) electrons. The Hall–Kier alpha value is -0.590. The quantitative estimate of drug-likeness (QED) is 0.776. The highest BCUT2D eigenvalue weighted by molar-refractivity contribution is 5.12. The lowest BCUT2D eigenvalue weighted by Crippen LogP contribution is -2.55. The van der Waals surface area contributed by atoms with Crippen LogP contribution < -0.4 is 0 Å². The summed E-state index contributed by atoms with van der Waals surface area (Å²) in [6.07, 6.45) is 4.70. The van der Waals surface area contributed by atoms with Crippen LogP contribution in [0.1, 0.15) is 46.0 Å². The lowest BCUT2D eigenvalue weighted by atomic mass is 9.66. The van der Waals surface area contributed by atoms with Crippen LogP contribution in [0.2, 0.25) is 0 Å². The maximum atomic E-state index is 10.8. The van der Waals surface area contributed by atoms with Crippen molar-refractivity contribution in [2.24, 2.45) is 5.41 Å². The molecule has 3 atom stereocenters. The van der Waals surface area contributed by atoms with Crippen molar-refractivity contribution < 1.29 is 5.11 Å². The molecule has 2 heterocycles. The summed E-state index contributed by atoms with van der Waals surface area (Å²) in [5.41, 5.74) is -1.36. The molecule has 2 aliphatic heterocycles. The van der Waals surface area contributed by atoms with Crippen LogP contribution >= 0.6 is 0 Å². The van der Waals surface area contributed by atoms with E-state index in [-0.39, 0.29) is 0 Å². The maximum Gasteiger partial charge on any atom is 0.0857 e. The molecule has 3 unspecified atom stereocenters. The zero-order valence-corrected chi connectivity index (χ0v) is 10.4. The highest BCUT2D eigenvalue weighted by atomic mass is 16.3. The van der Waals surface area contributed by atoms with E-state index in [1.54, 1.807) is 0 Å². The molecule has 1 N–H and O–H groups in total. The van der Waals surface area contributed by atoms with Crippen molar-refractivity contribution in [3.8, 4) is 6.07 Å². The molecule has 16 heavy (non-hydrogen) atoms. The molecule has 0 saturated carbocycles. The molecular formula is C13H22N2O. The number of fused-ring (bicyclic) bond motifs is 1. The fourth-order valence-electron chi connectivity index (χ4n) is 3.25. The summed E-state index contributed by atoms with van der Waals surface area (Å²) >= 11 is 0. The molecule has 0 amide bonds. The number of nitrogens with zero attached hydrogens (tertiary/aromatic N) is 2. The minimum absolute atomic E-state index is 0.512. The third-order valence-corrected chi connectivity index (χ3v) is 4.87. The van der Waals surface area contributed by atoms with E-state index in [4.69, 9.17) is 0 Å². The topological polar surface area (TPSA) is 47.3 Å². The van der Waals surface area contributed by atoms with E-state index >= 15 is 0 Å². The second kappa shape index (κ2) is 4.01. The summed E-state index contributed by atoms with van der Waals surface area (Å²) in [6, 6.07) is 2.86. The van der Waals surface area contributed by atoms with Gasteiger partial charge >= 0.3 is 0 Å². The summed E-state index contributed by atoms with van der Waals surface area (Å²) in [4.78, 5) is 2.47. The molecule has 2 saturated heterocycles. The lowest BCUT2D eigenvalue weighted by molar-refractivity contribution is -0.102. The van der Waals surface area contributed by atoms with Gasteiger partial charge in [-0.2, -0.15) is 5.26 Å². The molecule has 2 rings (SSSR count). The summed E-state index contributed by atoms with van der Waals surface area (Å²) in [7, 11) is 0. The van der Waals surface area contributed by atoms with Crippen molar-refractivity contribution in [2.45, 2.75) is 57.6 Å². The molecule has 0 aromatic carbocycles. The molecule has 0 aliphatic carbocycles. The number of piperidine rings is 1. The third kappa shape index (κ3) is 1.65. The maximum absolute atomic E-state index is 10.8. The second-order valence-electron chi connectivity index (χ2n) is 5.62. The van der Waals surface area contributed by atoms with Gasteiger partial charge in [-0.3, -0.25) is 0 Å². The van der Waals surface area contributed by atoms with E-state index in [9.17, 15) is 10.4 Å². The highest BCUT2D eigenvalue weighted by Crippen LogP contribution is 2.45. The number of rotatable bonds is 2. The van der Waals surface area contributed by atoms with Crippen LogP contribution in [-0.2, 0) is 0 Å². The van der Waals surface area contributed by atoms with E-state index in [1.165, 1.54) is 19.4 Å². The van der Waals surface area contributed by atoms with Crippen LogP contribution in [0.25, 0.3) is 0 Å². The van der Waals surface area contributed by atoms with Crippen LogP contribution in [0, 0.1) is 16.7 Å². The Morgan fingerprint density at radius 2 is 2.31 bits per heavy atom. The fraction of sp³-hybridized carbons (Fsp3) is 0.923. The monoisotopic (exact) mass is 222 g/mol. The van der Waals surface area contributed by atoms with E-state index < -0.39 is 11.0 Å². The van der Waals surface area contributed by atoms with Gasteiger partial charge in [-0.05, 0) is 45.6 Å². The summed E-state index contributed by atoms with van der Waals surface area (Å²) in [5, 5.41) is 20.1. The van der Waals surface area contributed by atoms with E-state index in [1.807, 2.05) is 13.8 Å². The van der Waals surface area contributed by atoms with Gasteiger partial charge in [-0.15, -0.1) is 0 Å². The van der Waals surface area contributed by atoms with Crippen molar-refractivity contribution in [1.29, 1.82) is 5.26 Å². The molecular weight excluding hydrogens is 200 g/mol. The van der Waals surface area contributed by atoms with Crippen LogP contribution in [0.5, 0.6) is 0 Å². The smallest absolute Gasteiger partial charge is 0.0857 e. The van der Waals surface area contributed by atoms with Gasteiger partial charge in [-0.1, -0.05) is 6.92 Å². The molecule has 0 aromatic heterocycles. The van der Waals surface area contributed by atoms with E-state index in [2.05, 4.69) is 11.0 Å². The van der Waals surface area contributed by atoms with Crippen molar-refractivity contribution in [3.05, 3.63) is 0 Å². The first-order chi connectivity index (χ1) is 7.54. The average molecular weight is 222 g/mol. The Labute approximate surface area is 98.1 Å². The van der Waals surface area contributed by atoms with Gasteiger partial charge in [0.1, 0.15) is 0 Å². The molecule has 2 aliphatic rings. The number of hydrogen-bond acceptors (Lipinski definition) is 3. The molecule has 2 fully saturated rings. The summed E-state index contributed by atoms with van der Waals surface area (Å²) < 4.78 is 0. The molecule has 0 aromatic rings. The van der Waals surface area contributed by atoms with Crippen molar-refractivity contribution in [1.82, 2.24) is 4.90 Å². The predicted molar refractivity (Wildman–Crippen MR) is 62.8 cm³/mol. The fourth-order valence-corrected chi connectivity index (χ4v) is 3.25. The first-order valence-corrected chi connectivity index (χ1v) is 6.42. The van der Waals surface area contributed by atoms with Crippen LogP contribution in [0.15, 0.2) is 0 Å². The van der Waals surface area contributed by atoms with Gasteiger partial charge in [-0.25, -0.2) is 0 Å². The largest absolute Gasteiger partial charge is 0.388 e. The second-order valence-corrected chi connectivity index (χ2v) is 5.62. The first kappa shape index (κ1) is 11.9. The van der Waals surface area contributed by atoms with Gasteiger partial charge in [0, 0.05) is 12.6 Å². The molecule has 0 spiro atoms. The Morgan fingerprint density at radius 1 is 1.56 bits per heavy atom. The van der Waals surface area contributed by atoms with Crippen LogP contribution in [0.4, 0.5) is 0 Å². The van der Waals surface area contributed by atoms with Crippen molar-refractivity contribution >= 4 is 0 Å². The Morgan fingerprint density at radius 3 is 2.94 bits per heavy atom. The van der Waals surface area contributed by atoms with Crippen molar-refractivity contribution in [3.63, 3.8) is 0 Å². The summed E-state index contributed by atoms with van der Waals surface area (Å²) in [6.45, 7) is 6.05. The van der Waals surface area contributed by atoms with Crippen molar-refractivity contribution in [2.75, 3.05) is 13.1 Å². The minimum atomic E-state index is -0.776. The minimum Gasteiger partial charge on any atom is -0.388 e. The summed E-state index contributed by atoms with van der Waals surface area (Å²) in [5.74, 6) is 0. The molecule has 3 nitrogen and oxygen atoms in total. The number of aliphatic hydroxyl groups is 1. The Kier molecular flexibility index (Phi) is 2.98. The predicted octanol–water partition coefficient (Wildman–Crippen LogP) is 1.92. The normalized spacial score (nSPS) is 38.8. The van der Waals surface area contributed by atoms with Gasteiger partial charge in [0.15, 0.2) is 0 Å². The Balaban J connectivity index is 2.17. The SMILES string of the molecule is CCC(C)(C#N)C1(O)CCN2CCCC2C1. The molecule has 3 heteroatoms. The Bertz CT molecular complexity index is 312. The lowest BCUT2D eigenvalue weighted by Gasteiger charge is -2.47. The van der Waals surface area contributed by atoms with Gasteiger partial charge in [0.2, 0.25) is 0 Å². The van der Waals surface area contributed by atoms with Crippen LogP contribution in [0.3, 0.4) is 0 Å². The zero-order valence-electron chi connectivity index (χ0n) is 10.4.